The topological polar surface area (TPSA) is 15.3 Å². The van der Waals surface area contributed by atoms with Crippen molar-refractivity contribution in [1.29, 1.82) is 0 Å². The molecule has 1 N–H and O–H groups in total. The Morgan fingerprint density at radius 1 is 1.38 bits per heavy atom. The normalized spacial score (nSPS) is 10.5. The molecule has 0 atom stereocenters. The Hall–Kier alpha value is -0.800. The van der Waals surface area contributed by atoms with Crippen LogP contribution in [0.1, 0.15) is 12.8 Å². The van der Waals surface area contributed by atoms with E-state index >= 15 is 0 Å². The highest BCUT2D eigenvalue weighted by Gasteiger charge is 2.04. The average Bonchev–Trinajstić information content (AvgIpc) is 2.28. The molecule has 0 radical (unpaired) electrons. The van der Waals surface area contributed by atoms with E-state index in [4.69, 9.17) is 11.6 Å². The van der Waals surface area contributed by atoms with Gasteiger partial charge in [0, 0.05) is 19.3 Å². The third-order valence-electron chi connectivity index (χ3n) is 2.51. The van der Waals surface area contributed by atoms with E-state index in [0.717, 1.165) is 31.6 Å². The quantitative estimate of drug-likeness (QED) is 0.775. The Morgan fingerprint density at radius 3 is 2.75 bits per heavy atom. The van der Waals surface area contributed by atoms with Gasteiger partial charge < -0.3 is 10.2 Å². The summed E-state index contributed by atoms with van der Waals surface area (Å²) in [6, 6.07) is 4.82. The van der Waals surface area contributed by atoms with E-state index in [1.54, 1.807) is 12.1 Å². The van der Waals surface area contributed by atoms with Gasteiger partial charge >= 0.3 is 0 Å². The molecule has 4 heteroatoms. The summed E-state index contributed by atoms with van der Waals surface area (Å²) in [5, 5.41) is 3.29. The van der Waals surface area contributed by atoms with Crippen LogP contribution in [0.5, 0.6) is 0 Å². The summed E-state index contributed by atoms with van der Waals surface area (Å²) in [6.45, 7) is 1.97. The maximum absolute atomic E-state index is 13.0. The van der Waals surface area contributed by atoms with Gasteiger partial charge in [0.25, 0.3) is 0 Å². The molecule has 0 aliphatic heterocycles. The largest absolute Gasteiger partial charge is 0.375 e. The molecule has 0 unspecified atom stereocenters. The van der Waals surface area contributed by atoms with Gasteiger partial charge in [-0.25, -0.2) is 4.39 Å². The van der Waals surface area contributed by atoms with Gasteiger partial charge in [-0.15, -0.1) is 0 Å². The van der Waals surface area contributed by atoms with Crippen molar-refractivity contribution in [3.8, 4) is 0 Å². The molecule has 0 aliphatic rings. The summed E-state index contributed by atoms with van der Waals surface area (Å²) in [4.78, 5) is 2.08. The molecule has 0 aliphatic carbocycles. The lowest BCUT2D eigenvalue weighted by Crippen LogP contribution is -2.19. The average molecular weight is 245 g/mol. The van der Waals surface area contributed by atoms with Crippen molar-refractivity contribution in [3.05, 3.63) is 29.0 Å². The van der Waals surface area contributed by atoms with Crippen molar-refractivity contribution in [2.45, 2.75) is 12.8 Å². The number of rotatable bonds is 6. The maximum Gasteiger partial charge on any atom is 0.141 e. The molecule has 0 amide bonds. The monoisotopic (exact) mass is 244 g/mol. The van der Waals surface area contributed by atoms with E-state index < -0.39 is 0 Å². The molecule has 0 heterocycles. The summed E-state index contributed by atoms with van der Waals surface area (Å²) < 4.78 is 13.0. The van der Waals surface area contributed by atoms with Crippen molar-refractivity contribution in [2.24, 2.45) is 0 Å². The highest BCUT2D eigenvalue weighted by Crippen LogP contribution is 2.21. The van der Waals surface area contributed by atoms with Crippen molar-refractivity contribution >= 4 is 17.3 Å². The number of halogens is 2. The third-order valence-corrected chi connectivity index (χ3v) is 2.80. The van der Waals surface area contributed by atoms with E-state index in [-0.39, 0.29) is 10.8 Å². The fraction of sp³-hybridized carbons (Fsp3) is 0.500. The number of unbranched alkanes of at least 4 members (excludes halogenated alkanes) is 1. The summed E-state index contributed by atoms with van der Waals surface area (Å²) in [5.74, 6) is -0.367. The highest BCUT2D eigenvalue weighted by molar-refractivity contribution is 6.31. The van der Waals surface area contributed by atoms with Crippen molar-refractivity contribution in [3.63, 3.8) is 0 Å². The van der Waals surface area contributed by atoms with Gasteiger partial charge in [-0.05, 0) is 44.6 Å². The second-order valence-corrected chi connectivity index (χ2v) is 4.24. The third kappa shape index (κ3) is 3.99. The van der Waals surface area contributed by atoms with Crippen molar-refractivity contribution in [1.82, 2.24) is 5.32 Å². The van der Waals surface area contributed by atoms with E-state index in [9.17, 15) is 4.39 Å². The van der Waals surface area contributed by atoms with Gasteiger partial charge in [-0.2, -0.15) is 0 Å². The van der Waals surface area contributed by atoms with Crippen LogP contribution < -0.4 is 10.2 Å². The van der Waals surface area contributed by atoms with Gasteiger partial charge in [0.2, 0.25) is 0 Å². The molecule has 1 aromatic rings. The molecule has 0 saturated heterocycles. The lowest BCUT2D eigenvalue weighted by molar-refractivity contribution is 0.627. The Morgan fingerprint density at radius 2 is 2.12 bits per heavy atom. The van der Waals surface area contributed by atoms with E-state index in [2.05, 4.69) is 10.2 Å². The Bertz CT molecular complexity index is 331. The Labute approximate surface area is 101 Å². The standard InChI is InChI=1S/C12H18ClFN2/c1-15-7-3-4-8-16(2)10-5-6-12(14)11(13)9-10/h5-6,9,15H,3-4,7-8H2,1-2H3. The zero-order chi connectivity index (χ0) is 12.0. The lowest BCUT2D eigenvalue weighted by atomic mass is 10.2. The fourth-order valence-electron chi connectivity index (χ4n) is 1.50. The van der Waals surface area contributed by atoms with Gasteiger partial charge in [0.1, 0.15) is 5.82 Å². The SMILES string of the molecule is CNCCCCN(C)c1ccc(F)c(Cl)c1. The molecule has 0 fully saturated rings. The number of hydrogen-bond acceptors (Lipinski definition) is 2. The summed E-state index contributed by atoms with van der Waals surface area (Å²) in [5.41, 5.74) is 0.954. The van der Waals surface area contributed by atoms with Crippen LogP contribution >= 0.6 is 11.6 Å². The molecular weight excluding hydrogens is 227 g/mol. The second-order valence-electron chi connectivity index (χ2n) is 3.83. The van der Waals surface area contributed by atoms with E-state index in [0.29, 0.717) is 0 Å². The fourth-order valence-corrected chi connectivity index (χ4v) is 1.68. The molecule has 2 nitrogen and oxygen atoms in total. The second kappa shape index (κ2) is 6.71. The van der Waals surface area contributed by atoms with Crippen LogP contribution in [0.2, 0.25) is 5.02 Å². The summed E-state index contributed by atoms with van der Waals surface area (Å²) in [6.07, 6.45) is 2.24. The molecule has 1 aromatic carbocycles. The number of nitrogens with one attached hydrogen (secondary N) is 1. The van der Waals surface area contributed by atoms with Gasteiger partial charge in [0.05, 0.1) is 5.02 Å². The molecule has 0 spiro atoms. The van der Waals surface area contributed by atoms with Crippen LogP contribution in [0.4, 0.5) is 10.1 Å². The molecule has 0 aromatic heterocycles. The first kappa shape index (κ1) is 13.3. The van der Waals surface area contributed by atoms with Crippen LogP contribution in [-0.4, -0.2) is 27.2 Å². The molecular formula is C12H18ClFN2. The highest BCUT2D eigenvalue weighted by atomic mass is 35.5. The first-order chi connectivity index (χ1) is 7.65. The molecule has 1 rings (SSSR count). The van der Waals surface area contributed by atoms with Crippen LogP contribution in [-0.2, 0) is 0 Å². The zero-order valence-electron chi connectivity index (χ0n) is 9.76. The minimum atomic E-state index is -0.367. The Balaban J connectivity index is 2.46. The number of hydrogen-bond donors (Lipinski definition) is 1. The number of nitrogens with zero attached hydrogens (tertiary/aromatic N) is 1. The number of anilines is 1. The maximum atomic E-state index is 13.0. The molecule has 0 saturated carbocycles. The van der Waals surface area contributed by atoms with Crippen molar-refractivity contribution < 1.29 is 4.39 Å². The van der Waals surface area contributed by atoms with Crippen molar-refractivity contribution in [2.75, 3.05) is 32.1 Å². The molecule has 16 heavy (non-hydrogen) atoms. The molecule has 0 bridgehead atoms. The van der Waals surface area contributed by atoms with Gasteiger partial charge in [-0.1, -0.05) is 11.6 Å². The predicted molar refractivity (Wildman–Crippen MR) is 67.8 cm³/mol. The van der Waals surface area contributed by atoms with Crippen LogP contribution in [0.3, 0.4) is 0 Å². The predicted octanol–water partition coefficient (Wildman–Crippen LogP) is 2.91. The number of benzene rings is 1. The van der Waals surface area contributed by atoms with Crippen LogP contribution in [0, 0.1) is 5.82 Å². The molecule has 90 valence electrons. The minimum absolute atomic E-state index is 0.180. The smallest absolute Gasteiger partial charge is 0.141 e. The lowest BCUT2D eigenvalue weighted by Gasteiger charge is -2.19. The van der Waals surface area contributed by atoms with Crippen LogP contribution in [0.15, 0.2) is 18.2 Å². The van der Waals surface area contributed by atoms with Gasteiger partial charge in [0.15, 0.2) is 0 Å². The van der Waals surface area contributed by atoms with E-state index in [1.807, 2.05) is 14.1 Å². The first-order valence-electron chi connectivity index (χ1n) is 5.46. The minimum Gasteiger partial charge on any atom is -0.375 e. The summed E-state index contributed by atoms with van der Waals surface area (Å²) in [7, 11) is 3.94. The van der Waals surface area contributed by atoms with Crippen LogP contribution in [0.25, 0.3) is 0 Å². The van der Waals surface area contributed by atoms with E-state index in [1.165, 1.54) is 6.07 Å². The summed E-state index contributed by atoms with van der Waals surface area (Å²) >= 11 is 5.73. The zero-order valence-corrected chi connectivity index (χ0v) is 10.5. The Kier molecular flexibility index (Phi) is 5.56. The van der Waals surface area contributed by atoms with Gasteiger partial charge in [-0.3, -0.25) is 0 Å². The first-order valence-corrected chi connectivity index (χ1v) is 5.83.